The van der Waals surface area contributed by atoms with Crippen molar-refractivity contribution in [3.8, 4) is 24.7 Å². The molecule has 0 saturated carbocycles. The Balaban J connectivity index is -0.000000186. The summed E-state index contributed by atoms with van der Waals surface area (Å²) in [7, 11) is 0. The van der Waals surface area contributed by atoms with Gasteiger partial charge in [0.1, 0.15) is 28.9 Å². The summed E-state index contributed by atoms with van der Waals surface area (Å²) in [6.07, 6.45) is 9.67. The van der Waals surface area contributed by atoms with Crippen molar-refractivity contribution >= 4 is 115 Å². The molecule has 2 atom stereocenters. The fourth-order valence-corrected chi connectivity index (χ4v) is 3.63. The first-order valence-corrected chi connectivity index (χ1v) is 23.1. The molecular weight excluding hydrogens is 1040 g/mol. The van der Waals surface area contributed by atoms with Crippen molar-refractivity contribution in [1.82, 2.24) is 5.32 Å². The van der Waals surface area contributed by atoms with Crippen LogP contribution in [0.3, 0.4) is 0 Å². The Morgan fingerprint density at radius 1 is 0.780 bits per heavy atom. The van der Waals surface area contributed by atoms with Crippen molar-refractivity contribution in [2.75, 3.05) is 36.2 Å². The number of halogens is 3. The van der Waals surface area contributed by atoms with Gasteiger partial charge in [0, 0.05) is 62.0 Å². The Labute approximate surface area is 346 Å². The molecule has 14 nitrogen and oxygen atoms in total. The maximum atomic E-state index is 11.4. The minimum atomic E-state index is -1.11. The number of hydrogen-bond donors (Lipinski definition) is 4. The summed E-state index contributed by atoms with van der Waals surface area (Å²) in [5.74, 6) is 4.16. The molecule has 0 aromatic rings. The van der Waals surface area contributed by atoms with Gasteiger partial charge in [-0.05, 0) is 75.2 Å². The van der Waals surface area contributed by atoms with Crippen molar-refractivity contribution in [2.45, 2.75) is 104 Å². The summed E-state index contributed by atoms with van der Waals surface area (Å²) in [5, 5.41) is 19.5. The smallest absolute Gasteiger partial charge is 0.480 e. The number of rotatable bonds is 9. The molecular formula is C31H53I3N2O12S2. The number of terminal acetylenes is 2. The van der Waals surface area contributed by atoms with Crippen LogP contribution in [0.4, 0.5) is 14.4 Å². The fourth-order valence-electron chi connectivity index (χ4n) is 2.30. The Hall–Kier alpha value is -1.12. The van der Waals surface area contributed by atoms with Gasteiger partial charge < -0.3 is 44.9 Å². The number of carboxylic acids is 2. The number of nitrogens with one attached hydrogen (secondary N) is 1. The molecule has 0 spiro atoms. The zero-order chi connectivity index (χ0) is 39.3. The molecule has 1 fully saturated rings. The number of alkyl carbamates (subject to hydrolysis) is 1. The average Bonchev–Trinajstić information content (AvgIpc) is 3.52. The lowest BCUT2D eigenvalue weighted by atomic mass is 10.2. The SMILES string of the molecule is C#CCSCC(N)C(=O)O.C#CCSCC(NC(=O)OC(C)(C)C)C(=O)O.C1CCOC1.CC(C)(C)OC(=O)OC(=O)OC(C)(C)C.I.II. The normalized spacial score (nSPS) is 12.7. The topological polar surface area (TPSA) is 210 Å². The molecule has 0 bridgehead atoms. The molecule has 1 heterocycles. The highest BCUT2D eigenvalue weighted by Crippen LogP contribution is 2.12. The van der Waals surface area contributed by atoms with Crippen LogP contribution in [0.25, 0.3) is 0 Å². The quantitative estimate of drug-likeness (QED) is 0.0451. The van der Waals surface area contributed by atoms with Crippen LogP contribution in [-0.4, -0.2) is 106 Å². The van der Waals surface area contributed by atoms with Crippen LogP contribution in [0.5, 0.6) is 0 Å². The molecule has 0 radical (unpaired) electrons. The zero-order valence-corrected chi connectivity index (χ0v) is 38.3. The van der Waals surface area contributed by atoms with E-state index in [0.29, 0.717) is 17.3 Å². The van der Waals surface area contributed by atoms with Crippen molar-refractivity contribution in [3.05, 3.63) is 0 Å². The third kappa shape index (κ3) is 49.0. The lowest BCUT2D eigenvalue weighted by Gasteiger charge is -2.21. The largest absolute Gasteiger partial charge is 0.519 e. The van der Waals surface area contributed by atoms with Gasteiger partial charge in [0.15, 0.2) is 0 Å². The summed E-state index contributed by atoms with van der Waals surface area (Å²) < 4.78 is 23.7. The lowest BCUT2D eigenvalue weighted by molar-refractivity contribution is -0.139. The molecule has 5 N–H and O–H groups in total. The number of carboxylic acid groups (broad SMARTS) is 2. The summed E-state index contributed by atoms with van der Waals surface area (Å²) in [4.78, 5) is 54.3. The van der Waals surface area contributed by atoms with Crippen LogP contribution in [0.2, 0.25) is 0 Å². The van der Waals surface area contributed by atoms with E-state index < -0.39 is 59.2 Å². The van der Waals surface area contributed by atoms with E-state index in [1.165, 1.54) is 36.4 Å². The summed E-state index contributed by atoms with van der Waals surface area (Å²) >= 11 is 6.85. The van der Waals surface area contributed by atoms with Gasteiger partial charge >= 0.3 is 30.3 Å². The van der Waals surface area contributed by atoms with E-state index in [1.807, 2.05) is 0 Å². The van der Waals surface area contributed by atoms with Crippen molar-refractivity contribution in [2.24, 2.45) is 5.73 Å². The first-order chi connectivity index (χ1) is 22.4. The highest BCUT2D eigenvalue weighted by atomic mass is 128. The average molecular weight is 1090 g/mol. The minimum absolute atomic E-state index is 0. The number of amides is 1. The second-order valence-corrected chi connectivity index (χ2v) is 14.3. The molecule has 0 aliphatic carbocycles. The lowest BCUT2D eigenvalue weighted by Crippen LogP contribution is -2.44. The Bertz CT molecular complexity index is 1010. The summed E-state index contributed by atoms with van der Waals surface area (Å²) in [6.45, 7) is 17.1. The van der Waals surface area contributed by atoms with E-state index in [0.717, 1.165) is 13.2 Å². The minimum Gasteiger partial charge on any atom is -0.480 e. The van der Waals surface area contributed by atoms with Gasteiger partial charge in [0.2, 0.25) is 0 Å². The molecule has 50 heavy (non-hydrogen) atoms. The number of carbonyl (C=O) groups excluding carboxylic acids is 3. The van der Waals surface area contributed by atoms with Crippen molar-refractivity contribution in [1.29, 1.82) is 0 Å². The van der Waals surface area contributed by atoms with Gasteiger partial charge in [-0.2, -0.15) is 0 Å². The summed E-state index contributed by atoms with van der Waals surface area (Å²) in [6, 6.07) is -1.79. The molecule has 0 aromatic heterocycles. The number of hydrogen-bond acceptors (Lipinski definition) is 13. The Morgan fingerprint density at radius 2 is 1.16 bits per heavy atom. The van der Waals surface area contributed by atoms with E-state index in [4.69, 9.17) is 47.7 Å². The molecule has 292 valence electrons. The number of carbonyl (C=O) groups is 5. The van der Waals surface area contributed by atoms with E-state index in [-0.39, 0.29) is 29.7 Å². The Morgan fingerprint density at radius 3 is 1.44 bits per heavy atom. The third-order valence-electron chi connectivity index (χ3n) is 4.03. The standard InChI is InChI=1S/C11H17NO4S.C10H18O5.C6H9NO2S.C4H8O.I2.HI/c1-5-6-17-7-8(9(13)14)12-10(15)16-11(2,3)4;1-9(2,3)14-7(11)13-8(12)15-10(4,5)6;1-2-3-10-4-5(7)6(8)9;1-2-4-5-3-1;1-2;/h1,8H,6-7H2,2-4H3,(H,12,15)(H,13,14);1-6H3;1,5H,3-4,7H2,(H,8,9);1-4H2;;1H. The molecule has 1 aliphatic rings. The fraction of sp³-hybridized carbons (Fsp3) is 0.710. The van der Waals surface area contributed by atoms with E-state index in [1.54, 1.807) is 62.3 Å². The number of ether oxygens (including phenoxy) is 5. The van der Waals surface area contributed by atoms with Crippen LogP contribution in [0.1, 0.15) is 75.2 Å². The van der Waals surface area contributed by atoms with Gasteiger partial charge in [0.05, 0.1) is 11.5 Å². The molecule has 1 rings (SSSR count). The van der Waals surface area contributed by atoms with Crippen molar-refractivity contribution < 1.29 is 57.9 Å². The third-order valence-corrected chi connectivity index (χ3v) is 5.94. The van der Waals surface area contributed by atoms with Crippen LogP contribution in [0, 0.1) is 24.7 Å². The van der Waals surface area contributed by atoms with Crippen LogP contribution >= 0.6 is 84.7 Å². The number of aliphatic carboxylic acids is 2. The first kappa shape index (κ1) is 58.2. The highest BCUT2D eigenvalue weighted by Gasteiger charge is 2.25. The highest BCUT2D eigenvalue weighted by molar-refractivity contribution is 15.0. The molecule has 1 saturated heterocycles. The van der Waals surface area contributed by atoms with Crippen molar-refractivity contribution in [3.63, 3.8) is 0 Å². The molecule has 1 aliphatic heterocycles. The van der Waals surface area contributed by atoms with Gasteiger partial charge in [-0.25, -0.2) is 19.2 Å². The maximum Gasteiger partial charge on any atom is 0.519 e. The molecule has 1 amide bonds. The second-order valence-electron chi connectivity index (χ2n) is 12.3. The van der Waals surface area contributed by atoms with E-state index in [2.05, 4.69) is 59.1 Å². The molecule has 19 heteroatoms. The molecule has 0 aromatic carbocycles. The van der Waals surface area contributed by atoms with Crippen LogP contribution < -0.4 is 11.1 Å². The van der Waals surface area contributed by atoms with Gasteiger partial charge in [-0.15, -0.1) is 60.3 Å². The van der Waals surface area contributed by atoms with E-state index in [9.17, 15) is 24.0 Å². The number of nitrogens with two attached hydrogens (primary N) is 1. The van der Waals surface area contributed by atoms with Gasteiger partial charge in [-0.1, -0.05) is 11.8 Å². The summed E-state index contributed by atoms with van der Waals surface area (Å²) in [5.41, 5.74) is 3.12. The predicted octanol–water partition coefficient (Wildman–Crippen LogP) is 7.15. The zero-order valence-electron chi connectivity index (χ0n) is 30.0. The first-order valence-electron chi connectivity index (χ1n) is 14.5. The second kappa shape index (κ2) is 33.7. The maximum absolute atomic E-state index is 11.4. The van der Waals surface area contributed by atoms with Crippen LogP contribution in [0.15, 0.2) is 0 Å². The van der Waals surface area contributed by atoms with E-state index >= 15 is 0 Å². The monoisotopic (exact) mass is 1090 g/mol. The van der Waals surface area contributed by atoms with Crippen LogP contribution in [-0.2, 0) is 33.3 Å². The Kier molecular flexibility index (Phi) is 39.2. The molecule has 2 unspecified atom stereocenters. The number of thioether (sulfide) groups is 2. The van der Waals surface area contributed by atoms with Gasteiger partial charge in [-0.3, -0.25) is 4.79 Å². The predicted molar refractivity (Wildman–Crippen MR) is 226 cm³/mol. The van der Waals surface area contributed by atoms with Gasteiger partial charge in [0.25, 0.3) is 0 Å².